The van der Waals surface area contributed by atoms with Crippen molar-refractivity contribution in [1.82, 2.24) is 0 Å². The van der Waals surface area contributed by atoms with Crippen molar-refractivity contribution in [1.29, 1.82) is 0 Å². The maximum absolute atomic E-state index is 11.1. The largest absolute Gasteiger partial charge is 0.349 e. The van der Waals surface area contributed by atoms with Crippen LogP contribution in [0.2, 0.25) is 0 Å². The molecule has 1 heterocycles. The number of rotatable bonds is 1. The van der Waals surface area contributed by atoms with Crippen LogP contribution in [0.4, 0.5) is 0 Å². The molecule has 0 spiro atoms. The summed E-state index contributed by atoms with van der Waals surface area (Å²) in [5.41, 5.74) is -0.671. The quantitative estimate of drug-likeness (QED) is 0.515. The molecule has 0 aromatic rings. The van der Waals surface area contributed by atoms with Gasteiger partial charge in [-0.3, -0.25) is 9.59 Å². The summed E-state index contributed by atoms with van der Waals surface area (Å²) in [5.74, 6) is 0.113. The number of ether oxygens (including phenoxy) is 1. The first kappa shape index (κ1) is 6.98. The first-order valence-electron chi connectivity index (χ1n) is 3.88. The topological polar surface area (TPSA) is 46.7 Å². The van der Waals surface area contributed by atoms with Gasteiger partial charge in [0, 0.05) is 6.42 Å². The molecule has 1 aliphatic heterocycles. The van der Waals surface area contributed by atoms with Crippen LogP contribution in [0.5, 0.6) is 0 Å². The second kappa shape index (κ2) is 1.91. The van der Waals surface area contributed by atoms with Crippen LogP contribution in [0.1, 0.15) is 26.2 Å². The number of carbonyl (C=O) groups is 2. The predicted octanol–water partition coefficient (Wildman–Crippen LogP) is 0.466. The Balaban J connectivity index is 2.21. The van der Waals surface area contributed by atoms with E-state index in [0.717, 1.165) is 12.8 Å². The standard InChI is InChI=1S/C8H10O3/c1-5(9)8-4-2-3-6(10)7(8)11-8/h7H,2-4H2,1H3. The normalized spacial score (nSPS) is 41.5. The molecule has 2 aliphatic rings. The van der Waals surface area contributed by atoms with Crippen molar-refractivity contribution in [3.8, 4) is 0 Å². The van der Waals surface area contributed by atoms with Crippen LogP contribution in [-0.2, 0) is 14.3 Å². The molecule has 3 nitrogen and oxygen atoms in total. The molecule has 60 valence electrons. The summed E-state index contributed by atoms with van der Waals surface area (Å²) in [6, 6.07) is 0. The van der Waals surface area contributed by atoms with Gasteiger partial charge < -0.3 is 4.74 Å². The molecule has 2 unspecified atom stereocenters. The minimum atomic E-state index is -0.671. The van der Waals surface area contributed by atoms with Crippen LogP contribution in [0.15, 0.2) is 0 Å². The number of Topliss-reactive ketones (excluding diaryl/α,β-unsaturated/α-hetero) is 2. The summed E-state index contributed by atoms with van der Waals surface area (Å²) in [5, 5.41) is 0. The van der Waals surface area contributed by atoms with Gasteiger partial charge in [0.05, 0.1) is 0 Å². The van der Waals surface area contributed by atoms with Gasteiger partial charge in [-0.2, -0.15) is 0 Å². The Morgan fingerprint density at radius 3 is 3.00 bits per heavy atom. The maximum Gasteiger partial charge on any atom is 0.165 e. The van der Waals surface area contributed by atoms with E-state index in [0.29, 0.717) is 6.42 Å². The van der Waals surface area contributed by atoms with E-state index in [1.807, 2.05) is 0 Å². The summed E-state index contributed by atoms with van der Waals surface area (Å²) in [4.78, 5) is 22.1. The lowest BCUT2D eigenvalue weighted by molar-refractivity contribution is -0.125. The summed E-state index contributed by atoms with van der Waals surface area (Å²) in [6.45, 7) is 1.50. The molecule has 0 amide bonds. The fourth-order valence-corrected chi connectivity index (χ4v) is 1.79. The van der Waals surface area contributed by atoms with Gasteiger partial charge in [0.1, 0.15) is 0 Å². The molecular weight excluding hydrogens is 144 g/mol. The van der Waals surface area contributed by atoms with Gasteiger partial charge in [0.25, 0.3) is 0 Å². The van der Waals surface area contributed by atoms with Gasteiger partial charge in [0.15, 0.2) is 23.3 Å². The fourth-order valence-electron chi connectivity index (χ4n) is 1.79. The fraction of sp³-hybridized carbons (Fsp3) is 0.750. The highest BCUT2D eigenvalue weighted by Crippen LogP contribution is 2.46. The zero-order chi connectivity index (χ0) is 8.06. The molecule has 0 aromatic heterocycles. The second-order valence-electron chi connectivity index (χ2n) is 3.26. The monoisotopic (exact) mass is 154 g/mol. The van der Waals surface area contributed by atoms with E-state index in [1.54, 1.807) is 0 Å². The Labute approximate surface area is 64.7 Å². The number of carbonyl (C=O) groups excluding carboxylic acids is 2. The van der Waals surface area contributed by atoms with Crippen LogP contribution in [-0.4, -0.2) is 23.3 Å². The minimum absolute atomic E-state index is 0.00977. The molecule has 1 saturated heterocycles. The zero-order valence-electron chi connectivity index (χ0n) is 6.42. The van der Waals surface area contributed by atoms with Crippen molar-refractivity contribution < 1.29 is 14.3 Å². The van der Waals surface area contributed by atoms with Crippen molar-refractivity contribution in [2.75, 3.05) is 0 Å². The van der Waals surface area contributed by atoms with Crippen molar-refractivity contribution in [3.63, 3.8) is 0 Å². The first-order chi connectivity index (χ1) is 5.17. The molecular formula is C8H10O3. The first-order valence-corrected chi connectivity index (χ1v) is 3.88. The number of hydrogen-bond acceptors (Lipinski definition) is 3. The smallest absolute Gasteiger partial charge is 0.165 e. The third kappa shape index (κ3) is 0.774. The Hall–Kier alpha value is -0.700. The molecule has 0 radical (unpaired) electrons. The molecule has 11 heavy (non-hydrogen) atoms. The predicted molar refractivity (Wildman–Crippen MR) is 37.1 cm³/mol. The molecule has 0 bridgehead atoms. The molecule has 2 atom stereocenters. The average Bonchev–Trinajstić information content (AvgIpc) is 2.64. The Morgan fingerprint density at radius 1 is 1.73 bits per heavy atom. The Morgan fingerprint density at radius 2 is 2.45 bits per heavy atom. The zero-order valence-corrected chi connectivity index (χ0v) is 6.42. The lowest BCUT2D eigenvalue weighted by Crippen LogP contribution is -2.32. The van der Waals surface area contributed by atoms with Gasteiger partial charge in [-0.25, -0.2) is 0 Å². The SMILES string of the molecule is CC(=O)C12CCCC(=O)C1O2. The van der Waals surface area contributed by atoms with Crippen LogP contribution in [0.25, 0.3) is 0 Å². The highest BCUT2D eigenvalue weighted by molar-refractivity contribution is 6.00. The number of hydrogen-bond donors (Lipinski definition) is 0. The van der Waals surface area contributed by atoms with Gasteiger partial charge in [-0.05, 0) is 19.8 Å². The summed E-state index contributed by atoms with van der Waals surface area (Å²) in [6.07, 6.45) is 1.74. The lowest BCUT2D eigenvalue weighted by Gasteiger charge is -2.12. The van der Waals surface area contributed by atoms with E-state index in [1.165, 1.54) is 6.92 Å². The summed E-state index contributed by atoms with van der Waals surface area (Å²) >= 11 is 0. The van der Waals surface area contributed by atoms with Crippen molar-refractivity contribution in [2.45, 2.75) is 37.9 Å². The van der Waals surface area contributed by atoms with Gasteiger partial charge >= 0.3 is 0 Å². The van der Waals surface area contributed by atoms with Crippen LogP contribution in [0, 0.1) is 0 Å². The van der Waals surface area contributed by atoms with E-state index >= 15 is 0 Å². The molecule has 2 fully saturated rings. The highest BCUT2D eigenvalue weighted by Gasteiger charge is 2.64. The van der Waals surface area contributed by atoms with E-state index < -0.39 is 5.60 Å². The number of fused-ring (bicyclic) bond motifs is 1. The highest BCUT2D eigenvalue weighted by atomic mass is 16.6. The van der Waals surface area contributed by atoms with E-state index in [4.69, 9.17) is 4.74 Å². The van der Waals surface area contributed by atoms with E-state index in [-0.39, 0.29) is 17.7 Å². The Kier molecular flexibility index (Phi) is 1.21. The van der Waals surface area contributed by atoms with Crippen molar-refractivity contribution in [3.05, 3.63) is 0 Å². The lowest BCUT2D eigenvalue weighted by atomic mass is 9.86. The van der Waals surface area contributed by atoms with Crippen LogP contribution in [0.3, 0.4) is 0 Å². The molecule has 0 N–H and O–H groups in total. The third-order valence-corrected chi connectivity index (χ3v) is 2.55. The van der Waals surface area contributed by atoms with Gasteiger partial charge in [-0.1, -0.05) is 0 Å². The molecule has 1 saturated carbocycles. The molecule has 0 aromatic carbocycles. The number of ketones is 2. The number of epoxide rings is 1. The van der Waals surface area contributed by atoms with Crippen molar-refractivity contribution in [2.24, 2.45) is 0 Å². The maximum atomic E-state index is 11.1. The molecule has 1 aliphatic carbocycles. The molecule has 2 rings (SSSR count). The van der Waals surface area contributed by atoms with Crippen molar-refractivity contribution >= 4 is 11.6 Å². The summed E-state index contributed by atoms with van der Waals surface area (Å²) in [7, 11) is 0. The van der Waals surface area contributed by atoms with Gasteiger partial charge in [0.2, 0.25) is 0 Å². The van der Waals surface area contributed by atoms with Crippen LogP contribution >= 0.6 is 0 Å². The summed E-state index contributed by atoms with van der Waals surface area (Å²) < 4.78 is 5.14. The van der Waals surface area contributed by atoms with Crippen LogP contribution < -0.4 is 0 Å². The van der Waals surface area contributed by atoms with Gasteiger partial charge in [-0.15, -0.1) is 0 Å². The average molecular weight is 154 g/mol. The third-order valence-electron chi connectivity index (χ3n) is 2.55. The van der Waals surface area contributed by atoms with E-state index in [9.17, 15) is 9.59 Å². The minimum Gasteiger partial charge on any atom is -0.349 e. The van der Waals surface area contributed by atoms with E-state index in [2.05, 4.69) is 0 Å². The second-order valence-corrected chi connectivity index (χ2v) is 3.26. The molecule has 3 heteroatoms. The Bertz CT molecular complexity index is 231.